The van der Waals surface area contributed by atoms with Crippen LogP contribution in [0, 0.1) is 0 Å². The van der Waals surface area contributed by atoms with E-state index in [1.165, 1.54) is 0 Å². The molecule has 0 radical (unpaired) electrons. The van der Waals surface area contributed by atoms with Crippen LogP contribution in [0.25, 0.3) is 0 Å². The monoisotopic (exact) mass is 297 g/mol. The molecule has 0 aromatic heterocycles. The highest BCUT2D eigenvalue weighted by Gasteiger charge is 2.31. The summed E-state index contributed by atoms with van der Waals surface area (Å²) in [6.45, 7) is 0.725. The molecule has 0 spiro atoms. The van der Waals surface area contributed by atoms with Crippen LogP contribution in [0.3, 0.4) is 0 Å². The van der Waals surface area contributed by atoms with Gasteiger partial charge in [-0.2, -0.15) is 12.6 Å². The van der Waals surface area contributed by atoms with Crippen molar-refractivity contribution in [1.82, 2.24) is 0 Å². The van der Waals surface area contributed by atoms with E-state index in [1.807, 2.05) is 6.07 Å². The molecule has 0 atom stereocenters. The van der Waals surface area contributed by atoms with Gasteiger partial charge in [0.05, 0.1) is 5.56 Å². The molecule has 0 saturated carbocycles. The molecule has 0 unspecified atom stereocenters. The second-order valence-electron chi connectivity index (χ2n) is 4.94. The Morgan fingerprint density at radius 1 is 0.857 bits per heavy atom. The van der Waals surface area contributed by atoms with E-state index in [9.17, 15) is 9.59 Å². The Morgan fingerprint density at radius 3 is 2.24 bits per heavy atom. The molecule has 2 aromatic rings. The average Bonchev–Trinajstić information content (AvgIpc) is 2.53. The van der Waals surface area contributed by atoms with Crippen molar-refractivity contribution in [3.05, 3.63) is 64.7 Å². The number of fused-ring (bicyclic) bond motifs is 2. The van der Waals surface area contributed by atoms with Crippen LogP contribution in [0.15, 0.2) is 42.5 Å². The summed E-state index contributed by atoms with van der Waals surface area (Å²) in [4.78, 5) is 25.2. The maximum Gasteiger partial charge on any atom is 0.196 e. The smallest absolute Gasteiger partial charge is 0.196 e. The molecule has 3 rings (SSSR count). The van der Waals surface area contributed by atoms with Crippen molar-refractivity contribution in [2.75, 3.05) is 17.6 Å². The van der Waals surface area contributed by atoms with E-state index in [4.69, 9.17) is 0 Å². The van der Waals surface area contributed by atoms with Gasteiger partial charge in [-0.3, -0.25) is 9.59 Å². The highest BCUT2D eigenvalue weighted by molar-refractivity contribution is 7.80. The fourth-order valence-electron chi connectivity index (χ4n) is 2.59. The number of nitrogens with one attached hydrogen (secondary N) is 1. The lowest BCUT2D eigenvalue weighted by atomic mass is 9.83. The number of hydrogen-bond donors (Lipinski definition) is 2. The second kappa shape index (κ2) is 5.74. The Hall–Kier alpha value is -2.07. The van der Waals surface area contributed by atoms with Crippen LogP contribution in [-0.4, -0.2) is 23.9 Å². The molecule has 1 N–H and O–H groups in total. The zero-order valence-corrected chi connectivity index (χ0v) is 12.3. The van der Waals surface area contributed by atoms with Crippen LogP contribution in [0.1, 0.15) is 38.3 Å². The first kappa shape index (κ1) is 13.9. The van der Waals surface area contributed by atoms with E-state index in [0.717, 1.165) is 24.4 Å². The topological polar surface area (TPSA) is 46.2 Å². The standard InChI is InChI=1S/C17H15NO2S/c19-16-11-5-1-2-6-12(11)17(20)15-13(16)7-3-8-14(15)18-9-4-10-21/h1-3,5-8,18,21H,4,9-10H2. The number of anilines is 1. The molecule has 21 heavy (non-hydrogen) atoms. The molecule has 0 heterocycles. The van der Waals surface area contributed by atoms with Crippen molar-refractivity contribution in [2.24, 2.45) is 0 Å². The minimum atomic E-state index is -0.0887. The zero-order valence-electron chi connectivity index (χ0n) is 11.4. The summed E-state index contributed by atoms with van der Waals surface area (Å²) in [5.74, 6) is 0.602. The van der Waals surface area contributed by atoms with Crippen molar-refractivity contribution in [3.8, 4) is 0 Å². The Labute approximate surface area is 128 Å². The molecule has 0 saturated heterocycles. The maximum absolute atomic E-state index is 12.7. The van der Waals surface area contributed by atoms with E-state index in [0.29, 0.717) is 22.3 Å². The maximum atomic E-state index is 12.7. The Kier molecular flexibility index (Phi) is 3.80. The van der Waals surface area contributed by atoms with Crippen LogP contribution >= 0.6 is 12.6 Å². The lowest BCUT2D eigenvalue weighted by Gasteiger charge is -2.20. The summed E-state index contributed by atoms with van der Waals surface area (Å²) < 4.78 is 0. The number of rotatable bonds is 4. The molecule has 1 aliphatic carbocycles. The summed E-state index contributed by atoms with van der Waals surface area (Å²) in [5.41, 5.74) is 2.66. The van der Waals surface area contributed by atoms with E-state index < -0.39 is 0 Å². The lowest BCUT2D eigenvalue weighted by Crippen LogP contribution is -2.22. The quantitative estimate of drug-likeness (QED) is 0.574. The summed E-state index contributed by atoms with van der Waals surface area (Å²) >= 11 is 4.17. The first-order valence-electron chi connectivity index (χ1n) is 6.90. The van der Waals surface area contributed by atoms with E-state index >= 15 is 0 Å². The summed E-state index contributed by atoms with van der Waals surface area (Å²) in [6.07, 6.45) is 0.894. The van der Waals surface area contributed by atoms with Gasteiger partial charge in [-0.1, -0.05) is 36.4 Å². The van der Waals surface area contributed by atoms with Gasteiger partial charge in [0, 0.05) is 28.9 Å². The minimum absolute atomic E-state index is 0.0851. The van der Waals surface area contributed by atoms with Crippen LogP contribution in [-0.2, 0) is 0 Å². The predicted molar refractivity (Wildman–Crippen MR) is 86.7 cm³/mol. The zero-order chi connectivity index (χ0) is 14.8. The Balaban J connectivity index is 2.08. The number of thiol groups is 1. The molecular formula is C17H15NO2S. The van der Waals surface area contributed by atoms with Gasteiger partial charge in [-0.25, -0.2) is 0 Å². The van der Waals surface area contributed by atoms with E-state index in [-0.39, 0.29) is 11.6 Å². The van der Waals surface area contributed by atoms with Crippen molar-refractivity contribution < 1.29 is 9.59 Å². The molecule has 4 heteroatoms. The molecular weight excluding hydrogens is 282 g/mol. The number of benzene rings is 2. The van der Waals surface area contributed by atoms with Crippen molar-refractivity contribution >= 4 is 29.9 Å². The SMILES string of the molecule is O=C1c2ccccc2C(=O)c2c(NCCCS)cccc21. The number of hydrogen-bond acceptors (Lipinski definition) is 4. The molecule has 1 aliphatic rings. The first-order chi connectivity index (χ1) is 10.2. The van der Waals surface area contributed by atoms with E-state index in [2.05, 4.69) is 17.9 Å². The van der Waals surface area contributed by atoms with Crippen LogP contribution in [0.5, 0.6) is 0 Å². The molecule has 0 fully saturated rings. The van der Waals surface area contributed by atoms with Gasteiger partial charge in [-0.15, -0.1) is 0 Å². The average molecular weight is 297 g/mol. The highest BCUT2D eigenvalue weighted by Crippen LogP contribution is 2.31. The molecule has 0 bridgehead atoms. The summed E-state index contributed by atoms with van der Waals surface area (Å²) in [5, 5.41) is 3.23. The second-order valence-corrected chi connectivity index (χ2v) is 5.38. The van der Waals surface area contributed by atoms with Gasteiger partial charge in [0.25, 0.3) is 0 Å². The third-order valence-corrected chi connectivity index (χ3v) is 3.92. The third kappa shape index (κ3) is 2.36. The predicted octanol–water partition coefficient (Wildman–Crippen LogP) is 3.19. The van der Waals surface area contributed by atoms with Gasteiger partial charge in [0.2, 0.25) is 0 Å². The van der Waals surface area contributed by atoms with Gasteiger partial charge in [0.1, 0.15) is 0 Å². The van der Waals surface area contributed by atoms with Gasteiger partial charge in [0.15, 0.2) is 11.6 Å². The van der Waals surface area contributed by atoms with Crippen LogP contribution in [0.4, 0.5) is 5.69 Å². The Bertz CT molecular complexity index is 724. The van der Waals surface area contributed by atoms with Crippen molar-refractivity contribution in [2.45, 2.75) is 6.42 Å². The fourth-order valence-corrected chi connectivity index (χ4v) is 2.75. The molecule has 2 aromatic carbocycles. The van der Waals surface area contributed by atoms with E-state index in [1.54, 1.807) is 36.4 Å². The third-order valence-electron chi connectivity index (χ3n) is 3.60. The summed E-state index contributed by atoms with van der Waals surface area (Å²) in [7, 11) is 0. The van der Waals surface area contributed by atoms with Crippen molar-refractivity contribution in [3.63, 3.8) is 0 Å². The molecule has 0 amide bonds. The fraction of sp³-hybridized carbons (Fsp3) is 0.176. The summed E-state index contributed by atoms with van der Waals surface area (Å²) in [6, 6.07) is 12.4. The number of carbonyl (C=O) groups is 2. The first-order valence-corrected chi connectivity index (χ1v) is 7.53. The lowest BCUT2D eigenvalue weighted by molar-refractivity contribution is 0.0979. The van der Waals surface area contributed by atoms with Gasteiger partial charge in [-0.05, 0) is 18.2 Å². The molecule has 106 valence electrons. The molecule has 3 nitrogen and oxygen atoms in total. The largest absolute Gasteiger partial charge is 0.384 e. The van der Waals surface area contributed by atoms with Crippen LogP contribution in [0.2, 0.25) is 0 Å². The number of carbonyl (C=O) groups excluding carboxylic acids is 2. The van der Waals surface area contributed by atoms with Crippen LogP contribution < -0.4 is 5.32 Å². The minimum Gasteiger partial charge on any atom is -0.384 e. The normalized spacial score (nSPS) is 12.8. The molecule has 0 aliphatic heterocycles. The Morgan fingerprint density at radius 2 is 1.52 bits per heavy atom. The van der Waals surface area contributed by atoms with Crippen molar-refractivity contribution in [1.29, 1.82) is 0 Å². The highest BCUT2D eigenvalue weighted by atomic mass is 32.1. The van der Waals surface area contributed by atoms with Gasteiger partial charge < -0.3 is 5.32 Å². The number of ketones is 2. The van der Waals surface area contributed by atoms with Gasteiger partial charge >= 0.3 is 0 Å².